The third-order valence-electron chi connectivity index (χ3n) is 4.11. The highest BCUT2D eigenvalue weighted by Crippen LogP contribution is 2.17. The molecular formula is C23H20N2O5. The Bertz CT molecular complexity index is 1030. The number of carbonyl (C=O) groups is 3. The van der Waals surface area contributed by atoms with Gasteiger partial charge in [0.2, 0.25) is 5.91 Å². The number of esters is 1. The Hall–Kier alpha value is -4.13. The summed E-state index contributed by atoms with van der Waals surface area (Å²) >= 11 is 0. The SMILES string of the molecule is O=C(COC(=O)c1ccccc1NC(=O)Cc1ccccc1)Nc1ccc(O)cc1. The molecule has 0 fully saturated rings. The molecule has 3 N–H and O–H groups in total. The van der Waals surface area contributed by atoms with Crippen LogP contribution in [0.5, 0.6) is 5.75 Å². The minimum Gasteiger partial charge on any atom is -0.508 e. The Morgan fingerprint density at radius 2 is 1.43 bits per heavy atom. The van der Waals surface area contributed by atoms with Gasteiger partial charge >= 0.3 is 5.97 Å². The molecular weight excluding hydrogens is 384 g/mol. The largest absolute Gasteiger partial charge is 0.508 e. The van der Waals surface area contributed by atoms with Gasteiger partial charge in [-0.2, -0.15) is 0 Å². The van der Waals surface area contributed by atoms with E-state index in [0.717, 1.165) is 5.56 Å². The van der Waals surface area contributed by atoms with Crippen LogP contribution in [0.3, 0.4) is 0 Å². The molecule has 0 aliphatic carbocycles. The van der Waals surface area contributed by atoms with E-state index in [1.54, 1.807) is 18.2 Å². The molecule has 30 heavy (non-hydrogen) atoms. The van der Waals surface area contributed by atoms with Crippen LogP contribution in [0.4, 0.5) is 11.4 Å². The van der Waals surface area contributed by atoms with Crippen molar-refractivity contribution in [2.75, 3.05) is 17.2 Å². The topological polar surface area (TPSA) is 105 Å². The summed E-state index contributed by atoms with van der Waals surface area (Å²) in [5.74, 6) is -1.46. The van der Waals surface area contributed by atoms with Gasteiger partial charge in [0, 0.05) is 5.69 Å². The highest BCUT2D eigenvalue weighted by Gasteiger charge is 2.16. The van der Waals surface area contributed by atoms with Gasteiger partial charge in [0.1, 0.15) is 5.75 Å². The Morgan fingerprint density at radius 3 is 2.17 bits per heavy atom. The van der Waals surface area contributed by atoms with Crippen LogP contribution < -0.4 is 10.6 Å². The maximum atomic E-state index is 12.4. The molecule has 0 unspecified atom stereocenters. The molecule has 0 saturated heterocycles. The molecule has 0 aliphatic rings. The van der Waals surface area contributed by atoms with Gasteiger partial charge in [-0.05, 0) is 42.0 Å². The number of nitrogens with one attached hydrogen (secondary N) is 2. The fourth-order valence-corrected chi connectivity index (χ4v) is 2.70. The molecule has 7 nitrogen and oxygen atoms in total. The van der Waals surface area contributed by atoms with E-state index >= 15 is 0 Å². The molecule has 0 bridgehead atoms. The van der Waals surface area contributed by atoms with Gasteiger partial charge in [-0.3, -0.25) is 9.59 Å². The highest BCUT2D eigenvalue weighted by atomic mass is 16.5. The lowest BCUT2D eigenvalue weighted by Crippen LogP contribution is -2.22. The standard InChI is InChI=1S/C23H20N2O5/c26-18-12-10-17(11-13-18)24-22(28)15-30-23(29)19-8-4-5-9-20(19)25-21(27)14-16-6-2-1-3-7-16/h1-13,26H,14-15H2,(H,24,28)(H,25,27). The van der Waals surface area contributed by atoms with Crippen molar-refractivity contribution in [3.63, 3.8) is 0 Å². The van der Waals surface area contributed by atoms with Gasteiger partial charge in [0.05, 0.1) is 17.7 Å². The number of benzene rings is 3. The van der Waals surface area contributed by atoms with Crippen molar-refractivity contribution in [3.8, 4) is 5.75 Å². The molecule has 0 radical (unpaired) electrons. The first-order chi connectivity index (χ1) is 14.5. The lowest BCUT2D eigenvalue weighted by Gasteiger charge is -2.11. The van der Waals surface area contributed by atoms with Crippen LogP contribution in [-0.2, 0) is 20.7 Å². The van der Waals surface area contributed by atoms with Crippen LogP contribution >= 0.6 is 0 Å². The van der Waals surface area contributed by atoms with Crippen LogP contribution in [0.1, 0.15) is 15.9 Å². The van der Waals surface area contributed by atoms with Crippen LogP contribution in [0, 0.1) is 0 Å². The fraction of sp³-hybridized carbons (Fsp3) is 0.0870. The van der Waals surface area contributed by atoms with Crippen molar-refractivity contribution in [1.82, 2.24) is 0 Å². The van der Waals surface area contributed by atoms with Crippen molar-refractivity contribution in [1.29, 1.82) is 0 Å². The number of amides is 2. The summed E-state index contributed by atoms with van der Waals surface area (Å²) in [4.78, 5) is 36.7. The molecule has 0 aromatic heterocycles. The van der Waals surface area contributed by atoms with Gasteiger partial charge < -0.3 is 20.5 Å². The van der Waals surface area contributed by atoms with Gasteiger partial charge in [-0.25, -0.2) is 4.79 Å². The maximum Gasteiger partial charge on any atom is 0.340 e. The second-order valence-corrected chi connectivity index (χ2v) is 6.43. The quantitative estimate of drug-likeness (QED) is 0.414. The number of rotatable bonds is 7. The van der Waals surface area contributed by atoms with E-state index in [2.05, 4.69) is 10.6 Å². The third kappa shape index (κ3) is 5.93. The molecule has 0 aliphatic heterocycles. The minimum absolute atomic E-state index is 0.0744. The number of hydrogen-bond donors (Lipinski definition) is 3. The molecule has 0 saturated carbocycles. The average molecular weight is 404 g/mol. The zero-order chi connectivity index (χ0) is 21.3. The van der Waals surface area contributed by atoms with E-state index in [4.69, 9.17) is 4.74 Å². The summed E-state index contributed by atoms with van der Waals surface area (Å²) in [6.07, 6.45) is 0.166. The van der Waals surface area contributed by atoms with Gasteiger partial charge in [0.15, 0.2) is 6.61 Å². The third-order valence-corrected chi connectivity index (χ3v) is 4.11. The predicted molar refractivity (Wildman–Crippen MR) is 112 cm³/mol. The lowest BCUT2D eigenvalue weighted by molar-refractivity contribution is -0.119. The summed E-state index contributed by atoms with van der Waals surface area (Å²) in [5.41, 5.74) is 1.77. The number of aromatic hydroxyl groups is 1. The number of anilines is 2. The molecule has 0 atom stereocenters. The lowest BCUT2D eigenvalue weighted by atomic mass is 10.1. The summed E-state index contributed by atoms with van der Waals surface area (Å²) in [5, 5.41) is 14.5. The molecule has 7 heteroatoms. The Morgan fingerprint density at radius 1 is 0.767 bits per heavy atom. The second-order valence-electron chi connectivity index (χ2n) is 6.43. The van der Waals surface area contributed by atoms with Crippen molar-refractivity contribution in [3.05, 3.63) is 90.0 Å². The first-order valence-corrected chi connectivity index (χ1v) is 9.20. The zero-order valence-electron chi connectivity index (χ0n) is 16.0. The predicted octanol–water partition coefficient (Wildman–Crippen LogP) is 3.37. The van der Waals surface area contributed by atoms with Crippen LogP contribution in [-0.4, -0.2) is 29.5 Å². The summed E-state index contributed by atoms with van der Waals surface area (Å²) in [6, 6.07) is 21.6. The van der Waals surface area contributed by atoms with Crippen molar-refractivity contribution in [2.45, 2.75) is 6.42 Å². The summed E-state index contributed by atoms with van der Waals surface area (Å²) in [7, 11) is 0. The van der Waals surface area contributed by atoms with Crippen LogP contribution in [0.25, 0.3) is 0 Å². The Labute approximate surface area is 173 Å². The molecule has 0 heterocycles. The normalized spacial score (nSPS) is 10.1. The molecule has 2 amide bonds. The Kier molecular flexibility index (Phi) is 6.78. The maximum absolute atomic E-state index is 12.4. The number of phenolic OH excluding ortho intramolecular Hbond substituents is 1. The number of carbonyl (C=O) groups excluding carboxylic acids is 3. The minimum atomic E-state index is -0.730. The molecule has 3 aromatic rings. The number of hydrogen-bond acceptors (Lipinski definition) is 5. The smallest absolute Gasteiger partial charge is 0.340 e. The van der Waals surface area contributed by atoms with Crippen LogP contribution in [0.2, 0.25) is 0 Å². The summed E-state index contributed by atoms with van der Waals surface area (Å²) < 4.78 is 5.07. The fourth-order valence-electron chi connectivity index (χ4n) is 2.70. The second kappa shape index (κ2) is 9.88. The van der Waals surface area contributed by atoms with E-state index in [1.807, 2.05) is 30.3 Å². The molecule has 3 aromatic carbocycles. The van der Waals surface area contributed by atoms with E-state index < -0.39 is 18.5 Å². The first-order valence-electron chi connectivity index (χ1n) is 9.20. The number of para-hydroxylation sites is 1. The van der Waals surface area contributed by atoms with Gasteiger partial charge in [-0.1, -0.05) is 42.5 Å². The van der Waals surface area contributed by atoms with E-state index in [1.165, 1.54) is 30.3 Å². The molecule has 152 valence electrons. The average Bonchev–Trinajstić information content (AvgIpc) is 2.75. The highest BCUT2D eigenvalue weighted by molar-refractivity contribution is 6.02. The Balaban J connectivity index is 1.57. The molecule has 0 spiro atoms. The van der Waals surface area contributed by atoms with Crippen molar-refractivity contribution in [2.24, 2.45) is 0 Å². The number of ether oxygens (including phenoxy) is 1. The van der Waals surface area contributed by atoms with E-state index in [9.17, 15) is 19.5 Å². The van der Waals surface area contributed by atoms with E-state index in [-0.39, 0.29) is 23.6 Å². The van der Waals surface area contributed by atoms with E-state index in [0.29, 0.717) is 11.4 Å². The summed E-state index contributed by atoms with van der Waals surface area (Å²) in [6.45, 7) is -0.494. The zero-order valence-corrected chi connectivity index (χ0v) is 16.0. The van der Waals surface area contributed by atoms with Gasteiger partial charge in [-0.15, -0.1) is 0 Å². The monoisotopic (exact) mass is 404 g/mol. The van der Waals surface area contributed by atoms with Crippen molar-refractivity contribution < 1.29 is 24.2 Å². The number of phenols is 1. The van der Waals surface area contributed by atoms with Crippen LogP contribution in [0.15, 0.2) is 78.9 Å². The molecule has 3 rings (SSSR count). The van der Waals surface area contributed by atoms with Gasteiger partial charge in [0.25, 0.3) is 5.91 Å². The first kappa shape index (κ1) is 20.6. The van der Waals surface area contributed by atoms with Crippen molar-refractivity contribution >= 4 is 29.2 Å².